The molecular formula is C26H30N2O3S. The molecular weight excluding hydrogens is 420 g/mol. The minimum absolute atomic E-state index is 0.0699. The van der Waals surface area contributed by atoms with E-state index >= 15 is 0 Å². The Kier molecular flexibility index (Phi) is 7.20. The number of fused-ring (bicyclic) bond motifs is 1. The van der Waals surface area contributed by atoms with Gasteiger partial charge in [0, 0.05) is 34.3 Å². The summed E-state index contributed by atoms with van der Waals surface area (Å²) in [5.74, 6) is 0.768. The topological polar surface area (TPSA) is 65.3 Å². The van der Waals surface area contributed by atoms with Gasteiger partial charge in [0.25, 0.3) is 0 Å². The lowest BCUT2D eigenvalue weighted by atomic mass is 9.92. The van der Waals surface area contributed by atoms with E-state index in [9.17, 15) is 10.1 Å². The molecule has 0 fully saturated rings. The van der Waals surface area contributed by atoms with Crippen molar-refractivity contribution in [3.8, 4) is 16.3 Å². The highest BCUT2D eigenvalue weighted by atomic mass is 32.1. The minimum atomic E-state index is -0.277. The van der Waals surface area contributed by atoms with Crippen molar-refractivity contribution in [3.05, 3.63) is 79.3 Å². The molecule has 0 atom stereocenters. The maximum atomic E-state index is 10.7. The standard InChI is InChI=1S/C26H30N2O3S/c1-18-13-23(25(31-2)16-20(18)11-12-28(29)30)15-24-17-32-26(27-24)22-10-9-19-7-5-3-4-6-8-21(19)14-22/h9-10,13-14,16-17H,3-8,11-12,15H2,1-2H3. The molecule has 5 nitrogen and oxygen atoms in total. The Morgan fingerprint density at radius 2 is 1.84 bits per heavy atom. The van der Waals surface area contributed by atoms with Gasteiger partial charge in [-0.1, -0.05) is 31.0 Å². The molecule has 0 aliphatic heterocycles. The third kappa shape index (κ3) is 5.36. The molecule has 0 bridgehead atoms. The Labute approximate surface area is 193 Å². The third-order valence-corrected chi connectivity index (χ3v) is 7.26. The van der Waals surface area contributed by atoms with E-state index in [1.807, 2.05) is 13.0 Å². The van der Waals surface area contributed by atoms with Crippen molar-refractivity contribution < 1.29 is 9.66 Å². The summed E-state index contributed by atoms with van der Waals surface area (Å²) in [4.78, 5) is 15.4. The van der Waals surface area contributed by atoms with Crippen molar-refractivity contribution in [3.63, 3.8) is 0 Å². The van der Waals surface area contributed by atoms with Crippen LogP contribution in [0.5, 0.6) is 5.75 Å². The van der Waals surface area contributed by atoms with E-state index in [-0.39, 0.29) is 11.5 Å². The van der Waals surface area contributed by atoms with E-state index in [1.54, 1.807) is 18.4 Å². The van der Waals surface area contributed by atoms with Crippen LogP contribution in [0.15, 0.2) is 35.7 Å². The van der Waals surface area contributed by atoms with Crippen LogP contribution in [0.2, 0.25) is 0 Å². The summed E-state index contributed by atoms with van der Waals surface area (Å²) >= 11 is 1.69. The first-order valence-electron chi connectivity index (χ1n) is 11.4. The number of rotatable bonds is 7. The van der Waals surface area contributed by atoms with E-state index in [4.69, 9.17) is 9.72 Å². The third-order valence-electron chi connectivity index (χ3n) is 6.32. The number of hydrogen-bond donors (Lipinski definition) is 0. The smallest absolute Gasteiger partial charge is 0.207 e. The molecule has 1 aromatic heterocycles. The van der Waals surface area contributed by atoms with Crippen LogP contribution in [0, 0.1) is 17.0 Å². The highest BCUT2D eigenvalue weighted by molar-refractivity contribution is 7.13. The Morgan fingerprint density at radius 1 is 1.06 bits per heavy atom. The summed E-state index contributed by atoms with van der Waals surface area (Å²) in [7, 11) is 1.65. The number of thiazole rings is 1. The van der Waals surface area contributed by atoms with Crippen molar-refractivity contribution in [2.45, 2.75) is 58.3 Å². The summed E-state index contributed by atoms with van der Waals surface area (Å²) in [6, 6.07) is 10.9. The first kappa shape index (κ1) is 22.5. The summed E-state index contributed by atoms with van der Waals surface area (Å²) < 4.78 is 5.60. The Bertz CT molecular complexity index is 1110. The van der Waals surface area contributed by atoms with Gasteiger partial charge < -0.3 is 4.74 Å². The van der Waals surface area contributed by atoms with Gasteiger partial charge in [-0.25, -0.2) is 4.98 Å². The van der Waals surface area contributed by atoms with Crippen LogP contribution in [0.4, 0.5) is 0 Å². The van der Waals surface area contributed by atoms with Crippen LogP contribution in [-0.4, -0.2) is 23.6 Å². The number of methoxy groups -OCH3 is 1. The molecule has 0 amide bonds. The number of aromatic nitrogens is 1. The van der Waals surface area contributed by atoms with Crippen LogP contribution in [-0.2, 0) is 25.7 Å². The van der Waals surface area contributed by atoms with E-state index in [0.29, 0.717) is 12.8 Å². The summed E-state index contributed by atoms with van der Waals surface area (Å²) in [6.45, 7) is 1.93. The molecule has 6 heteroatoms. The number of nitro groups is 1. The fraction of sp³-hybridized carbons (Fsp3) is 0.423. The second kappa shape index (κ2) is 10.3. The maximum absolute atomic E-state index is 10.7. The summed E-state index contributed by atoms with van der Waals surface area (Å²) in [5, 5.41) is 13.9. The van der Waals surface area contributed by atoms with Gasteiger partial charge in [0.1, 0.15) is 10.8 Å². The van der Waals surface area contributed by atoms with Gasteiger partial charge >= 0.3 is 0 Å². The summed E-state index contributed by atoms with van der Waals surface area (Å²) in [6.07, 6.45) is 8.69. The number of aryl methyl sites for hydroxylation is 3. The van der Waals surface area contributed by atoms with Crippen molar-refractivity contribution in [2.75, 3.05) is 13.7 Å². The molecule has 1 aliphatic carbocycles. The first-order chi connectivity index (χ1) is 15.5. The molecule has 2 aromatic carbocycles. The van der Waals surface area contributed by atoms with Gasteiger partial charge in [-0.05, 0) is 67.0 Å². The van der Waals surface area contributed by atoms with E-state index < -0.39 is 0 Å². The van der Waals surface area contributed by atoms with Gasteiger partial charge in [-0.15, -0.1) is 11.3 Å². The second-order valence-corrected chi connectivity index (χ2v) is 9.47. The Morgan fingerprint density at radius 3 is 2.59 bits per heavy atom. The van der Waals surface area contributed by atoms with Crippen molar-refractivity contribution >= 4 is 11.3 Å². The molecule has 0 saturated heterocycles. The molecule has 0 N–H and O–H groups in total. The highest BCUT2D eigenvalue weighted by Gasteiger charge is 2.14. The Balaban J connectivity index is 1.54. The molecule has 168 valence electrons. The molecule has 0 spiro atoms. The zero-order valence-electron chi connectivity index (χ0n) is 18.9. The summed E-state index contributed by atoms with van der Waals surface area (Å²) in [5.41, 5.74) is 8.29. The van der Waals surface area contributed by atoms with Gasteiger partial charge in [-0.3, -0.25) is 10.1 Å². The fourth-order valence-corrected chi connectivity index (χ4v) is 5.35. The molecule has 3 aromatic rings. The van der Waals surface area contributed by atoms with Gasteiger partial charge in [0.2, 0.25) is 6.54 Å². The normalized spacial score (nSPS) is 13.8. The number of hydrogen-bond acceptors (Lipinski definition) is 5. The lowest BCUT2D eigenvalue weighted by Gasteiger charge is -2.14. The lowest BCUT2D eigenvalue weighted by molar-refractivity contribution is -0.479. The van der Waals surface area contributed by atoms with E-state index in [1.165, 1.54) is 55.2 Å². The molecule has 0 radical (unpaired) electrons. The molecule has 1 heterocycles. The van der Waals surface area contributed by atoms with Crippen LogP contribution in [0.3, 0.4) is 0 Å². The fourth-order valence-electron chi connectivity index (χ4n) is 4.54. The van der Waals surface area contributed by atoms with Crippen molar-refractivity contribution in [2.24, 2.45) is 0 Å². The average Bonchev–Trinajstić information content (AvgIpc) is 3.22. The zero-order chi connectivity index (χ0) is 22.5. The van der Waals surface area contributed by atoms with E-state index in [0.717, 1.165) is 33.1 Å². The molecule has 1 aliphatic rings. The largest absolute Gasteiger partial charge is 0.496 e. The first-order valence-corrected chi connectivity index (χ1v) is 12.3. The number of ether oxygens (including phenoxy) is 1. The molecule has 0 unspecified atom stereocenters. The molecule has 32 heavy (non-hydrogen) atoms. The van der Waals surface area contributed by atoms with Gasteiger partial charge in [-0.2, -0.15) is 0 Å². The highest BCUT2D eigenvalue weighted by Crippen LogP contribution is 2.31. The van der Waals surface area contributed by atoms with Crippen molar-refractivity contribution in [1.29, 1.82) is 0 Å². The number of nitrogens with zero attached hydrogens (tertiary/aromatic N) is 2. The van der Waals surface area contributed by atoms with Crippen molar-refractivity contribution in [1.82, 2.24) is 4.98 Å². The van der Waals surface area contributed by atoms with Crippen LogP contribution < -0.4 is 4.74 Å². The SMILES string of the molecule is COc1cc(CC[N+](=O)[O-])c(C)cc1Cc1csc(-c2ccc3c(c2)CCCCCC3)n1. The second-order valence-electron chi connectivity index (χ2n) is 8.62. The predicted molar refractivity (Wildman–Crippen MR) is 130 cm³/mol. The van der Waals surface area contributed by atoms with Gasteiger partial charge in [0.15, 0.2) is 0 Å². The minimum Gasteiger partial charge on any atom is -0.496 e. The predicted octanol–water partition coefficient (Wildman–Crippen LogP) is 6.20. The zero-order valence-corrected chi connectivity index (χ0v) is 19.7. The van der Waals surface area contributed by atoms with E-state index in [2.05, 4.69) is 29.6 Å². The lowest BCUT2D eigenvalue weighted by Crippen LogP contribution is -2.06. The number of benzene rings is 2. The van der Waals surface area contributed by atoms with Gasteiger partial charge in [0.05, 0.1) is 12.8 Å². The quantitative estimate of drug-likeness (QED) is 0.318. The average molecular weight is 451 g/mol. The maximum Gasteiger partial charge on any atom is 0.207 e. The van der Waals surface area contributed by atoms with Crippen LogP contribution in [0.1, 0.15) is 59.2 Å². The monoisotopic (exact) mass is 450 g/mol. The molecule has 4 rings (SSSR count). The molecule has 0 saturated carbocycles. The van der Waals surface area contributed by atoms with Crippen LogP contribution >= 0.6 is 11.3 Å². The Hall–Kier alpha value is -2.73. The van der Waals surface area contributed by atoms with Crippen LogP contribution in [0.25, 0.3) is 10.6 Å².